The number of nitrogens with zero attached hydrogens (tertiary/aromatic N) is 1. The fourth-order valence-electron chi connectivity index (χ4n) is 2.30. The van der Waals surface area contributed by atoms with Crippen LogP contribution in [0.1, 0.15) is 44.0 Å². The van der Waals surface area contributed by atoms with Crippen molar-refractivity contribution in [2.45, 2.75) is 39.7 Å². The maximum atomic E-state index is 11.4. The number of carbonyl (C=O) groups is 1. The fourth-order valence-corrected chi connectivity index (χ4v) is 2.30. The van der Waals surface area contributed by atoms with Crippen LogP contribution in [0.4, 0.5) is 0 Å². The first-order chi connectivity index (χ1) is 11.0. The Hall–Kier alpha value is -1.59. The number of aliphatic hydroxyl groups excluding tert-OH is 1. The average Bonchev–Trinajstić information content (AvgIpc) is 2.56. The summed E-state index contributed by atoms with van der Waals surface area (Å²) in [6, 6.07) is 5.06. The normalized spacial score (nSPS) is 12.3. The lowest BCUT2D eigenvalue weighted by Gasteiger charge is -2.23. The van der Waals surface area contributed by atoms with Gasteiger partial charge < -0.3 is 19.5 Å². The summed E-state index contributed by atoms with van der Waals surface area (Å²) in [5.41, 5.74) is 0.575. The van der Waals surface area contributed by atoms with Gasteiger partial charge in [-0.15, -0.1) is 0 Å². The highest BCUT2D eigenvalue weighted by Crippen LogP contribution is 2.28. The zero-order valence-corrected chi connectivity index (χ0v) is 14.7. The van der Waals surface area contributed by atoms with Gasteiger partial charge in [-0.1, -0.05) is 20.3 Å². The van der Waals surface area contributed by atoms with Gasteiger partial charge in [-0.2, -0.15) is 0 Å². The summed E-state index contributed by atoms with van der Waals surface area (Å²) < 4.78 is 10.9. The van der Waals surface area contributed by atoms with Crippen molar-refractivity contribution in [2.24, 2.45) is 0 Å². The number of Topliss-reactive ketones (excluding diaryl/α,β-unsaturated/α-hetero) is 1. The van der Waals surface area contributed by atoms with E-state index in [1.807, 2.05) is 0 Å². The van der Waals surface area contributed by atoms with Crippen LogP contribution >= 0.6 is 0 Å². The zero-order chi connectivity index (χ0) is 17.2. The number of benzene rings is 1. The summed E-state index contributed by atoms with van der Waals surface area (Å²) in [6.07, 6.45) is 1.70. The smallest absolute Gasteiger partial charge is 0.161 e. The van der Waals surface area contributed by atoms with Crippen molar-refractivity contribution in [3.05, 3.63) is 23.8 Å². The predicted molar refractivity (Wildman–Crippen MR) is 91.5 cm³/mol. The molecule has 1 aromatic carbocycles. The third kappa shape index (κ3) is 6.59. The third-order valence-corrected chi connectivity index (χ3v) is 3.75. The number of hydrogen-bond acceptors (Lipinski definition) is 5. The molecule has 1 atom stereocenters. The molecule has 0 saturated carbocycles. The summed E-state index contributed by atoms with van der Waals surface area (Å²) in [5.74, 6) is 1.01. The topological polar surface area (TPSA) is 59.0 Å². The first-order valence-corrected chi connectivity index (χ1v) is 8.23. The van der Waals surface area contributed by atoms with E-state index in [4.69, 9.17) is 9.47 Å². The number of likely N-dealkylation sites (N-methyl/N-ethyl adjacent to an activating group) is 1. The zero-order valence-electron chi connectivity index (χ0n) is 14.7. The van der Waals surface area contributed by atoms with Crippen molar-refractivity contribution in [3.63, 3.8) is 0 Å². The monoisotopic (exact) mass is 323 g/mol. The Balaban J connectivity index is 2.58. The van der Waals surface area contributed by atoms with Gasteiger partial charge in [0.15, 0.2) is 17.3 Å². The molecule has 0 fully saturated rings. The quantitative estimate of drug-likeness (QED) is 0.635. The molecule has 0 heterocycles. The van der Waals surface area contributed by atoms with E-state index in [2.05, 4.69) is 18.7 Å². The molecule has 0 aliphatic rings. The van der Waals surface area contributed by atoms with Crippen molar-refractivity contribution >= 4 is 5.78 Å². The summed E-state index contributed by atoms with van der Waals surface area (Å²) >= 11 is 0. The number of ketones is 1. The second-order valence-corrected chi connectivity index (χ2v) is 5.63. The Kier molecular flexibility index (Phi) is 8.66. The van der Waals surface area contributed by atoms with Gasteiger partial charge in [0, 0.05) is 12.1 Å². The van der Waals surface area contributed by atoms with E-state index in [0.29, 0.717) is 23.6 Å². The van der Waals surface area contributed by atoms with Gasteiger partial charge in [-0.05, 0) is 44.6 Å². The molecule has 0 aliphatic carbocycles. The summed E-state index contributed by atoms with van der Waals surface area (Å²) in [4.78, 5) is 13.6. The molecular formula is C18H29NO4. The average molecular weight is 323 g/mol. The van der Waals surface area contributed by atoms with Crippen LogP contribution in [-0.4, -0.2) is 55.2 Å². The molecule has 1 rings (SSSR count). The molecule has 0 aromatic heterocycles. The fraction of sp³-hybridized carbons (Fsp3) is 0.611. The van der Waals surface area contributed by atoms with Crippen molar-refractivity contribution in [3.8, 4) is 11.5 Å². The molecule has 5 nitrogen and oxygen atoms in total. The number of methoxy groups -OCH3 is 1. The van der Waals surface area contributed by atoms with Gasteiger partial charge in [0.05, 0.1) is 7.11 Å². The summed E-state index contributed by atoms with van der Waals surface area (Å²) in [7, 11) is 1.53. The van der Waals surface area contributed by atoms with Crippen molar-refractivity contribution in [1.82, 2.24) is 4.90 Å². The molecule has 0 spiro atoms. The second-order valence-electron chi connectivity index (χ2n) is 5.63. The number of rotatable bonds is 11. The number of aliphatic hydroxyl groups is 1. The van der Waals surface area contributed by atoms with Crippen molar-refractivity contribution in [2.75, 3.05) is 33.4 Å². The maximum Gasteiger partial charge on any atom is 0.161 e. The highest BCUT2D eigenvalue weighted by atomic mass is 16.5. The van der Waals surface area contributed by atoms with Gasteiger partial charge in [-0.3, -0.25) is 4.79 Å². The van der Waals surface area contributed by atoms with E-state index >= 15 is 0 Å². The van der Waals surface area contributed by atoms with E-state index in [-0.39, 0.29) is 12.4 Å². The summed E-state index contributed by atoms with van der Waals surface area (Å²) in [5, 5.41) is 10.2. The Labute approximate surface area is 139 Å². The molecule has 0 amide bonds. The molecule has 0 unspecified atom stereocenters. The lowest BCUT2D eigenvalue weighted by Crippen LogP contribution is -2.36. The first kappa shape index (κ1) is 19.5. The van der Waals surface area contributed by atoms with Crippen molar-refractivity contribution < 1.29 is 19.4 Å². The van der Waals surface area contributed by atoms with Crippen LogP contribution in [0.25, 0.3) is 0 Å². The van der Waals surface area contributed by atoms with E-state index < -0.39 is 6.10 Å². The van der Waals surface area contributed by atoms with E-state index in [0.717, 1.165) is 25.9 Å². The van der Waals surface area contributed by atoms with Gasteiger partial charge >= 0.3 is 0 Å². The second kappa shape index (κ2) is 10.2. The Bertz CT molecular complexity index is 490. The third-order valence-electron chi connectivity index (χ3n) is 3.75. The number of ether oxygens (including phenoxy) is 2. The molecule has 1 N–H and O–H groups in total. The predicted octanol–water partition coefficient (Wildman–Crippen LogP) is 2.76. The minimum atomic E-state index is -0.566. The number of unbranched alkanes of at least 4 members (excludes halogenated alkanes) is 1. The Morgan fingerprint density at radius 3 is 2.61 bits per heavy atom. The molecule has 1 aromatic rings. The van der Waals surface area contributed by atoms with Crippen LogP contribution in [0.15, 0.2) is 18.2 Å². The number of carbonyl (C=O) groups excluding carboxylic acids is 1. The minimum absolute atomic E-state index is 0.0237. The van der Waals surface area contributed by atoms with Crippen molar-refractivity contribution in [1.29, 1.82) is 0 Å². The van der Waals surface area contributed by atoms with Crippen LogP contribution in [0.2, 0.25) is 0 Å². The lowest BCUT2D eigenvalue weighted by atomic mass is 10.1. The molecule has 130 valence electrons. The standard InChI is InChI=1S/C18H29NO4/c1-5-7-10-19(6-2)12-16(21)13-23-17-9-8-15(14(3)20)11-18(17)22-4/h8-9,11,16,21H,5-7,10,12-13H2,1-4H3/t16-/m1/s1. The molecular weight excluding hydrogens is 294 g/mol. The maximum absolute atomic E-state index is 11.4. The molecule has 0 radical (unpaired) electrons. The molecule has 0 aliphatic heterocycles. The van der Waals surface area contributed by atoms with E-state index in [1.165, 1.54) is 14.0 Å². The van der Waals surface area contributed by atoms with E-state index in [1.54, 1.807) is 18.2 Å². The summed E-state index contributed by atoms with van der Waals surface area (Å²) in [6.45, 7) is 8.43. The van der Waals surface area contributed by atoms with Gasteiger partial charge in [0.25, 0.3) is 0 Å². The van der Waals surface area contributed by atoms with Crippen LogP contribution < -0.4 is 9.47 Å². The van der Waals surface area contributed by atoms with Crippen LogP contribution in [0.3, 0.4) is 0 Å². The van der Waals surface area contributed by atoms with Crippen LogP contribution in [0.5, 0.6) is 11.5 Å². The van der Waals surface area contributed by atoms with Crippen LogP contribution in [-0.2, 0) is 0 Å². The largest absolute Gasteiger partial charge is 0.493 e. The highest BCUT2D eigenvalue weighted by molar-refractivity contribution is 5.94. The molecule has 5 heteroatoms. The SMILES string of the molecule is CCCCN(CC)C[C@@H](O)COc1ccc(C(C)=O)cc1OC. The Morgan fingerprint density at radius 1 is 1.30 bits per heavy atom. The van der Waals surface area contributed by atoms with Gasteiger partial charge in [-0.25, -0.2) is 0 Å². The minimum Gasteiger partial charge on any atom is -0.493 e. The van der Waals surface area contributed by atoms with Gasteiger partial charge in [0.1, 0.15) is 12.7 Å². The molecule has 0 saturated heterocycles. The van der Waals surface area contributed by atoms with E-state index in [9.17, 15) is 9.90 Å². The molecule has 23 heavy (non-hydrogen) atoms. The molecule has 0 bridgehead atoms. The van der Waals surface area contributed by atoms with Gasteiger partial charge in [0.2, 0.25) is 0 Å². The highest BCUT2D eigenvalue weighted by Gasteiger charge is 2.13. The lowest BCUT2D eigenvalue weighted by molar-refractivity contribution is 0.0684. The number of hydrogen-bond donors (Lipinski definition) is 1. The van der Waals surface area contributed by atoms with Crippen LogP contribution in [0, 0.1) is 0 Å². The Morgan fingerprint density at radius 2 is 2.04 bits per heavy atom. The first-order valence-electron chi connectivity index (χ1n) is 8.23.